The topological polar surface area (TPSA) is 70.6 Å². The van der Waals surface area contributed by atoms with Crippen LogP contribution in [0.25, 0.3) is 0 Å². The Morgan fingerprint density at radius 1 is 1.39 bits per heavy atom. The Morgan fingerprint density at radius 3 is 2.91 bits per heavy atom. The van der Waals surface area contributed by atoms with Crippen molar-refractivity contribution < 1.29 is 9.53 Å². The Kier molecular flexibility index (Phi) is 4.61. The van der Waals surface area contributed by atoms with Crippen molar-refractivity contribution in [3.8, 4) is 5.88 Å². The van der Waals surface area contributed by atoms with Crippen molar-refractivity contribution >= 4 is 28.2 Å². The lowest BCUT2D eigenvalue weighted by atomic mass is 10.3. The zero-order valence-electron chi connectivity index (χ0n) is 13.1. The second-order valence-corrected chi connectivity index (χ2v) is 6.45. The minimum absolute atomic E-state index is 0.0522. The number of hydrogen-bond acceptors (Lipinski definition) is 6. The number of aromatic nitrogens is 2. The monoisotopic (exact) mass is 333 g/mol. The van der Waals surface area contributed by atoms with Crippen LogP contribution in [0.3, 0.4) is 0 Å². The zero-order chi connectivity index (χ0) is 16.2. The fourth-order valence-electron chi connectivity index (χ4n) is 2.33. The van der Waals surface area contributed by atoms with Gasteiger partial charge in [0.05, 0.1) is 11.5 Å². The van der Waals surface area contributed by atoms with Gasteiger partial charge in [-0.15, -0.1) is 21.5 Å². The second-order valence-electron chi connectivity index (χ2n) is 5.51. The Morgan fingerprint density at radius 2 is 2.26 bits per heavy atom. The Balaban J connectivity index is 1.52. The molecule has 1 aliphatic rings. The Bertz CT molecular complexity index is 644. The molecule has 122 valence electrons. The van der Waals surface area contributed by atoms with Gasteiger partial charge < -0.3 is 14.5 Å². The number of nitrogens with zero attached hydrogens (tertiary/aromatic N) is 4. The number of hydrogen-bond donors (Lipinski definition) is 1. The number of urea groups is 1. The lowest BCUT2D eigenvalue weighted by molar-refractivity contribution is 0.188. The van der Waals surface area contributed by atoms with Crippen molar-refractivity contribution in [2.75, 3.05) is 37.4 Å². The molecule has 2 aromatic heterocycles. The van der Waals surface area contributed by atoms with Gasteiger partial charge in [-0.1, -0.05) is 0 Å². The summed E-state index contributed by atoms with van der Waals surface area (Å²) in [5.74, 6) is 1.27. The van der Waals surface area contributed by atoms with Crippen LogP contribution in [0.5, 0.6) is 5.88 Å². The highest BCUT2D eigenvalue weighted by atomic mass is 32.1. The molecule has 2 aromatic rings. The summed E-state index contributed by atoms with van der Waals surface area (Å²) in [4.78, 5) is 15.8. The zero-order valence-corrected chi connectivity index (χ0v) is 13.9. The number of rotatable bonds is 4. The molecular formula is C15H19N5O2S. The van der Waals surface area contributed by atoms with Crippen LogP contribution in [-0.4, -0.2) is 54.4 Å². The molecule has 3 heterocycles. The number of anilines is 2. The molecule has 0 spiro atoms. The summed E-state index contributed by atoms with van der Waals surface area (Å²) in [6, 6.07) is 7.36. The quantitative estimate of drug-likeness (QED) is 0.929. The van der Waals surface area contributed by atoms with E-state index in [0.717, 1.165) is 17.2 Å². The Hall–Kier alpha value is -2.35. The summed E-state index contributed by atoms with van der Waals surface area (Å²) >= 11 is 1.50. The van der Waals surface area contributed by atoms with Crippen molar-refractivity contribution in [2.24, 2.45) is 0 Å². The maximum absolute atomic E-state index is 12.2. The van der Waals surface area contributed by atoms with Crippen molar-refractivity contribution in [3.63, 3.8) is 0 Å². The van der Waals surface area contributed by atoms with Crippen LogP contribution in [0.2, 0.25) is 0 Å². The highest BCUT2D eigenvalue weighted by molar-refractivity contribution is 7.14. The lowest BCUT2D eigenvalue weighted by Gasteiger charge is -2.17. The van der Waals surface area contributed by atoms with Crippen LogP contribution in [0.1, 0.15) is 6.42 Å². The summed E-state index contributed by atoms with van der Waals surface area (Å²) in [6.45, 7) is 1.22. The molecule has 1 N–H and O–H groups in total. The maximum Gasteiger partial charge on any atom is 0.322 e. The number of amides is 2. The molecule has 2 amide bonds. The van der Waals surface area contributed by atoms with Gasteiger partial charge in [-0.05, 0) is 23.6 Å². The molecule has 1 atom stereocenters. The fourth-order valence-corrected chi connectivity index (χ4v) is 2.94. The minimum atomic E-state index is -0.0902. The van der Waals surface area contributed by atoms with Crippen LogP contribution < -0.4 is 15.0 Å². The first-order valence-electron chi connectivity index (χ1n) is 7.39. The molecule has 0 aromatic carbocycles. The van der Waals surface area contributed by atoms with Gasteiger partial charge in [0.25, 0.3) is 0 Å². The van der Waals surface area contributed by atoms with Crippen LogP contribution in [0, 0.1) is 0 Å². The van der Waals surface area contributed by atoms with E-state index in [0.29, 0.717) is 19.0 Å². The summed E-state index contributed by atoms with van der Waals surface area (Å²) in [6.07, 6.45) is 0.734. The minimum Gasteiger partial charge on any atom is -0.471 e. The van der Waals surface area contributed by atoms with Gasteiger partial charge in [0, 0.05) is 33.1 Å². The standard InChI is InChI=1S/C15H19N5O2S/c1-19(2)12-5-6-13(18-17-12)22-11-7-8-20(10-11)15(21)16-14-4-3-9-23-14/h3-6,9,11H,7-8,10H2,1-2H3,(H,16,21). The van der Waals surface area contributed by atoms with Gasteiger partial charge in [0.15, 0.2) is 5.82 Å². The van der Waals surface area contributed by atoms with Gasteiger partial charge in [-0.3, -0.25) is 5.32 Å². The largest absolute Gasteiger partial charge is 0.471 e. The average molecular weight is 333 g/mol. The van der Waals surface area contributed by atoms with Crippen molar-refractivity contribution in [2.45, 2.75) is 12.5 Å². The van der Waals surface area contributed by atoms with Gasteiger partial charge in [-0.2, -0.15) is 0 Å². The van der Waals surface area contributed by atoms with Crippen LogP contribution in [0.15, 0.2) is 29.6 Å². The number of carbonyl (C=O) groups is 1. The predicted octanol–water partition coefficient (Wildman–Crippen LogP) is 2.29. The maximum atomic E-state index is 12.2. The molecule has 0 radical (unpaired) electrons. The van der Waals surface area contributed by atoms with Crippen molar-refractivity contribution in [3.05, 3.63) is 29.6 Å². The molecule has 7 nitrogen and oxygen atoms in total. The molecule has 0 aliphatic carbocycles. The lowest BCUT2D eigenvalue weighted by Crippen LogP contribution is -2.34. The van der Waals surface area contributed by atoms with Gasteiger partial charge in [-0.25, -0.2) is 4.79 Å². The van der Waals surface area contributed by atoms with Crippen LogP contribution >= 0.6 is 11.3 Å². The number of thiophene rings is 1. The van der Waals surface area contributed by atoms with Crippen molar-refractivity contribution in [1.29, 1.82) is 0 Å². The number of likely N-dealkylation sites (tertiary alicyclic amines) is 1. The van der Waals surface area contributed by atoms with Gasteiger partial charge in [0.1, 0.15) is 6.10 Å². The molecule has 0 saturated carbocycles. The Labute approximate surface area is 138 Å². The highest BCUT2D eigenvalue weighted by Crippen LogP contribution is 2.20. The van der Waals surface area contributed by atoms with Gasteiger partial charge >= 0.3 is 6.03 Å². The first-order valence-corrected chi connectivity index (χ1v) is 8.27. The molecule has 3 rings (SSSR count). The number of ether oxygens (including phenoxy) is 1. The summed E-state index contributed by atoms with van der Waals surface area (Å²) in [5.41, 5.74) is 0. The van der Waals surface area contributed by atoms with E-state index in [2.05, 4.69) is 15.5 Å². The third-order valence-electron chi connectivity index (χ3n) is 3.56. The third-order valence-corrected chi connectivity index (χ3v) is 4.34. The summed E-state index contributed by atoms with van der Waals surface area (Å²) in [5, 5.41) is 13.8. The van der Waals surface area contributed by atoms with E-state index in [1.165, 1.54) is 11.3 Å². The molecule has 1 aliphatic heterocycles. The molecule has 1 saturated heterocycles. The van der Waals surface area contributed by atoms with E-state index < -0.39 is 0 Å². The molecule has 1 unspecified atom stereocenters. The molecular weight excluding hydrogens is 314 g/mol. The highest BCUT2D eigenvalue weighted by Gasteiger charge is 2.28. The molecule has 0 bridgehead atoms. The SMILES string of the molecule is CN(C)c1ccc(OC2CCN(C(=O)Nc3cccs3)C2)nn1. The van der Waals surface area contributed by atoms with Crippen molar-refractivity contribution in [1.82, 2.24) is 15.1 Å². The summed E-state index contributed by atoms with van der Waals surface area (Å²) < 4.78 is 5.81. The van der Waals surface area contributed by atoms with E-state index in [9.17, 15) is 4.79 Å². The first kappa shape index (κ1) is 15.5. The molecule has 1 fully saturated rings. The van der Waals surface area contributed by atoms with Crippen LogP contribution in [0.4, 0.5) is 15.6 Å². The van der Waals surface area contributed by atoms with E-state index in [1.54, 1.807) is 11.0 Å². The van der Waals surface area contributed by atoms with E-state index in [-0.39, 0.29) is 12.1 Å². The average Bonchev–Trinajstić information content (AvgIpc) is 3.19. The smallest absolute Gasteiger partial charge is 0.322 e. The first-order chi connectivity index (χ1) is 11.1. The second kappa shape index (κ2) is 6.82. The van der Waals surface area contributed by atoms with E-state index in [4.69, 9.17) is 4.74 Å². The predicted molar refractivity (Wildman–Crippen MR) is 90.3 cm³/mol. The van der Waals surface area contributed by atoms with E-state index >= 15 is 0 Å². The number of nitrogens with one attached hydrogen (secondary N) is 1. The molecule has 8 heteroatoms. The summed E-state index contributed by atoms with van der Waals surface area (Å²) in [7, 11) is 3.82. The normalized spacial score (nSPS) is 17.1. The van der Waals surface area contributed by atoms with Gasteiger partial charge in [0.2, 0.25) is 5.88 Å². The number of carbonyl (C=O) groups excluding carboxylic acids is 1. The third kappa shape index (κ3) is 3.89. The van der Waals surface area contributed by atoms with Crippen LogP contribution in [-0.2, 0) is 0 Å². The van der Waals surface area contributed by atoms with E-state index in [1.807, 2.05) is 42.6 Å². The fraction of sp³-hybridized carbons (Fsp3) is 0.400. The molecule has 23 heavy (non-hydrogen) atoms.